The number of ether oxygens (including phenoxy) is 1. The molecule has 0 fully saturated rings. The van der Waals surface area contributed by atoms with E-state index in [9.17, 15) is 23.6 Å². The van der Waals surface area contributed by atoms with Crippen LogP contribution in [0.15, 0.2) is 50.1 Å². The summed E-state index contributed by atoms with van der Waals surface area (Å²) in [5.74, 6) is -2.04. The topological polar surface area (TPSA) is 157 Å². The van der Waals surface area contributed by atoms with Gasteiger partial charge in [0.2, 0.25) is 4.80 Å². The molecule has 0 spiro atoms. The molecule has 1 atom stereocenters. The summed E-state index contributed by atoms with van der Waals surface area (Å²) in [5, 5.41) is 11.9. The number of pyridine rings is 1. The number of halogens is 2. The van der Waals surface area contributed by atoms with Crippen molar-refractivity contribution in [2.24, 2.45) is 15.9 Å². The first kappa shape index (κ1) is 33.1. The van der Waals surface area contributed by atoms with Crippen molar-refractivity contribution in [3.05, 3.63) is 67.0 Å². The van der Waals surface area contributed by atoms with E-state index in [1.54, 1.807) is 16.3 Å². The van der Waals surface area contributed by atoms with Gasteiger partial charge in [0.1, 0.15) is 22.7 Å². The second-order valence-electron chi connectivity index (χ2n) is 10.2. The van der Waals surface area contributed by atoms with E-state index in [4.69, 9.17) is 16.7 Å². The Morgan fingerprint density at radius 3 is 2.61 bits per heavy atom. The minimum Gasteiger partial charge on any atom is -0.478 e. The normalized spacial score (nSPS) is 17.8. The molecule has 2 aliphatic heterocycles. The Hall–Kier alpha value is -3.82. The number of carboxylic acids is 1. The fraction of sp³-hybridized carbons (Fsp3) is 0.393. The fourth-order valence-corrected chi connectivity index (χ4v) is 6.23. The number of benzene rings is 1. The monoisotopic (exact) mass is 664 g/mol. The van der Waals surface area contributed by atoms with Crippen molar-refractivity contribution in [3.8, 4) is 0 Å². The minimum absolute atomic E-state index is 0.00184. The van der Waals surface area contributed by atoms with E-state index < -0.39 is 23.3 Å². The van der Waals surface area contributed by atoms with Crippen molar-refractivity contribution in [3.63, 3.8) is 0 Å². The van der Waals surface area contributed by atoms with Crippen LogP contribution in [-0.4, -0.2) is 61.5 Å². The summed E-state index contributed by atoms with van der Waals surface area (Å²) in [6.45, 7) is 6.83. The Morgan fingerprint density at radius 1 is 1.27 bits per heavy atom. The van der Waals surface area contributed by atoms with Crippen LogP contribution in [0, 0.1) is 11.7 Å². The van der Waals surface area contributed by atoms with Gasteiger partial charge in [0.05, 0.1) is 23.4 Å². The van der Waals surface area contributed by atoms with Crippen LogP contribution in [0.25, 0.3) is 0 Å². The van der Waals surface area contributed by atoms with Gasteiger partial charge in [-0.05, 0) is 61.3 Å². The van der Waals surface area contributed by atoms with Gasteiger partial charge < -0.3 is 15.2 Å². The van der Waals surface area contributed by atoms with Crippen LogP contribution in [0.2, 0.25) is 5.02 Å². The first-order valence-corrected chi connectivity index (χ1v) is 15.7. The molecular formula is C28H30ClFN6O6S2. The summed E-state index contributed by atoms with van der Waals surface area (Å²) in [6.07, 6.45) is 3.37. The third-order valence-electron chi connectivity index (χ3n) is 7.10. The molecule has 0 bridgehead atoms. The van der Waals surface area contributed by atoms with Crippen LogP contribution in [0.3, 0.4) is 0 Å². The molecule has 1 aromatic carbocycles. The van der Waals surface area contributed by atoms with E-state index in [-0.39, 0.29) is 50.3 Å². The summed E-state index contributed by atoms with van der Waals surface area (Å²) in [5.41, 5.74) is -0.593. The van der Waals surface area contributed by atoms with Gasteiger partial charge in [-0.15, -0.1) is 11.8 Å². The van der Waals surface area contributed by atoms with E-state index in [2.05, 4.69) is 25.0 Å². The Labute approximate surface area is 264 Å². The van der Waals surface area contributed by atoms with Crippen LogP contribution < -0.4 is 15.0 Å². The number of hydrogen-bond acceptors (Lipinski definition) is 10. The zero-order valence-electron chi connectivity index (χ0n) is 24.3. The van der Waals surface area contributed by atoms with Crippen molar-refractivity contribution in [2.75, 3.05) is 12.9 Å². The lowest BCUT2D eigenvalue weighted by Gasteiger charge is -2.21. The van der Waals surface area contributed by atoms with Gasteiger partial charge in [-0.1, -0.05) is 25.4 Å². The first-order valence-electron chi connectivity index (χ1n) is 13.5. The van der Waals surface area contributed by atoms with Gasteiger partial charge in [0, 0.05) is 24.2 Å². The van der Waals surface area contributed by atoms with Gasteiger partial charge in [-0.2, -0.15) is 0 Å². The largest absolute Gasteiger partial charge is 0.478 e. The van der Waals surface area contributed by atoms with E-state index >= 15 is 0 Å². The average Bonchev–Trinajstić information content (AvgIpc) is 3.49. The number of esters is 1. The van der Waals surface area contributed by atoms with E-state index in [0.717, 1.165) is 42.0 Å². The smallest absolute Gasteiger partial charge is 0.338 e. The molecular weight excluding hydrogens is 635 g/mol. The third kappa shape index (κ3) is 7.11. The molecule has 1 unspecified atom stereocenters. The average molecular weight is 665 g/mol. The zero-order valence-corrected chi connectivity index (χ0v) is 26.7. The molecule has 44 heavy (non-hydrogen) atoms. The van der Waals surface area contributed by atoms with Crippen LogP contribution >= 0.6 is 34.7 Å². The number of carboxylic acid groups (broad SMARTS) is 1. The van der Waals surface area contributed by atoms with Crippen LogP contribution in [-0.2, 0) is 27.4 Å². The minimum atomic E-state index is -1.10. The highest BCUT2D eigenvalue weighted by molar-refractivity contribution is 8.00. The van der Waals surface area contributed by atoms with E-state index in [0.29, 0.717) is 22.8 Å². The van der Waals surface area contributed by atoms with Crippen LogP contribution in [0.4, 0.5) is 10.1 Å². The van der Waals surface area contributed by atoms with Crippen molar-refractivity contribution >= 4 is 64.1 Å². The Kier molecular flexibility index (Phi) is 10.4. The summed E-state index contributed by atoms with van der Waals surface area (Å²) >= 11 is 8.17. The molecule has 0 saturated carbocycles. The van der Waals surface area contributed by atoms with E-state index in [1.165, 1.54) is 31.5 Å². The highest BCUT2D eigenvalue weighted by Gasteiger charge is 2.43. The first-order chi connectivity index (χ1) is 20.8. The molecule has 16 heteroatoms. The lowest BCUT2D eigenvalue weighted by molar-refractivity contribution is -0.137. The molecule has 0 saturated heterocycles. The van der Waals surface area contributed by atoms with Crippen LogP contribution in [0.5, 0.6) is 0 Å². The second-order valence-corrected chi connectivity index (χ2v) is 12.6. The number of nitrogens with zero attached hydrogens (tertiary/aromatic N) is 5. The number of fused-ring (bicyclic) bond motifs is 1. The summed E-state index contributed by atoms with van der Waals surface area (Å²) in [4.78, 5) is 60.0. The maximum Gasteiger partial charge on any atom is 0.338 e. The number of carbonyl (C=O) groups is 3. The number of nitrogens with one attached hydrogen (secondary N) is 1. The standard InChI is InChI=1S/C15H15ClFN3O3S2.C13H15N3O3/c1-23-13(21)8-24-12-7-11(10(17)6-9(12)16)18-14-19-4-2-3-5-20(19)15(22)25-14;1-7(2)13(3)12(19)15-10(16-13)9-8(11(17)18)5-4-6-14-9/h6-7H,2-5,8H2,1H3;4-7H,1-3H3,(H,17,18)(H,15,16,19). The van der Waals surface area contributed by atoms with Gasteiger partial charge >= 0.3 is 16.8 Å². The number of aromatic nitrogens is 3. The SMILES string of the molecule is CC(C)C1(C)N=C(c2ncccc2C(=O)O)NC1=O.COC(=O)CSc1cc(N=c2sc(=O)n3n2CCCC3)c(F)cc1Cl. The van der Waals surface area contributed by atoms with Crippen molar-refractivity contribution in [1.82, 2.24) is 19.7 Å². The predicted molar refractivity (Wildman–Crippen MR) is 164 cm³/mol. The molecule has 2 aromatic heterocycles. The van der Waals surface area contributed by atoms with Crippen molar-refractivity contribution in [2.45, 2.75) is 57.1 Å². The third-order valence-corrected chi connectivity index (χ3v) is 9.43. The number of methoxy groups -OCH3 is 1. The molecule has 3 aromatic rings. The number of aliphatic imine (C=N–C) groups is 1. The highest BCUT2D eigenvalue weighted by atomic mass is 35.5. The molecule has 4 heterocycles. The molecule has 234 valence electrons. The molecule has 2 N–H and O–H groups in total. The Balaban J connectivity index is 0.000000209. The number of aromatic carboxylic acids is 1. The lowest BCUT2D eigenvalue weighted by Crippen LogP contribution is -2.41. The second kappa shape index (κ2) is 13.9. The maximum atomic E-state index is 14.3. The van der Waals surface area contributed by atoms with Crippen molar-refractivity contribution < 1.29 is 28.6 Å². The quantitative estimate of drug-likeness (QED) is 0.285. The number of thioether (sulfide) groups is 1. The fourth-order valence-electron chi connectivity index (χ4n) is 4.25. The summed E-state index contributed by atoms with van der Waals surface area (Å²) in [7, 11) is 1.30. The molecule has 2 aliphatic rings. The summed E-state index contributed by atoms with van der Waals surface area (Å²) < 4.78 is 22.3. The Bertz CT molecular complexity index is 1770. The van der Waals surface area contributed by atoms with Gasteiger partial charge in [0.15, 0.2) is 5.84 Å². The van der Waals surface area contributed by atoms with Gasteiger partial charge in [-0.3, -0.25) is 24.0 Å². The van der Waals surface area contributed by atoms with Crippen LogP contribution in [0.1, 0.15) is 49.7 Å². The van der Waals surface area contributed by atoms with E-state index in [1.807, 2.05) is 13.8 Å². The number of hydrogen-bond donors (Lipinski definition) is 2. The summed E-state index contributed by atoms with van der Waals surface area (Å²) in [6, 6.07) is 5.61. The number of carbonyl (C=O) groups excluding carboxylic acids is 2. The van der Waals surface area contributed by atoms with Gasteiger partial charge in [-0.25, -0.2) is 23.9 Å². The highest BCUT2D eigenvalue weighted by Crippen LogP contribution is 2.33. The van der Waals surface area contributed by atoms with Crippen molar-refractivity contribution in [1.29, 1.82) is 0 Å². The lowest BCUT2D eigenvalue weighted by atomic mass is 9.89. The molecule has 5 rings (SSSR count). The molecule has 0 radical (unpaired) electrons. The van der Waals surface area contributed by atoms with Gasteiger partial charge in [0.25, 0.3) is 5.91 Å². The molecule has 1 amide bonds. The Morgan fingerprint density at radius 2 is 1.98 bits per heavy atom. The number of rotatable bonds is 7. The molecule has 12 nitrogen and oxygen atoms in total. The maximum absolute atomic E-state index is 14.3. The predicted octanol–water partition coefficient (Wildman–Crippen LogP) is 3.87. The number of amidine groups is 1. The zero-order chi connectivity index (χ0) is 32.2. The molecule has 0 aliphatic carbocycles. The number of amides is 1.